The van der Waals surface area contributed by atoms with E-state index in [1.807, 2.05) is 11.3 Å². The molecule has 1 nitrogen and oxygen atoms in total. The highest BCUT2D eigenvalue weighted by Gasteiger charge is 2.24. The van der Waals surface area contributed by atoms with Gasteiger partial charge in [0.1, 0.15) is 0 Å². The fourth-order valence-electron chi connectivity index (χ4n) is 2.61. The minimum atomic E-state index is 0.621. The lowest BCUT2D eigenvalue weighted by Crippen LogP contribution is -2.26. The number of rotatable bonds is 7. The molecule has 0 radical (unpaired) electrons. The molecular formula is C15H25NS. The molecule has 1 aromatic rings. The average Bonchev–Trinajstić information content (AvgIpc) is 2.75. The summed E-state index contributed by atoms with van der Waals surface area (Å²) in [7, 11) is 0. The molecule has 1 fully saturated rings. The van der Waals surface area contributed by atoms with Crippen LogP contribution in [0.25, 0.3) is 0 Å². The minimum Gasteiger partial charge on any atom is -0.309 e. The maximum Gasteiger partial charge on any atom is 0.0420 e. The molecule has 1 aliphatic rings. The third kappa shape index (κ3) is 3.32. The molecule has 0 bridgehead atoms. The average molecular weight is 251 g/mol. The van der Waals surface area contributed by atoms with Crippen LogP contribution in [0.5, 0.6) is 0 Å². The highest BCUT2D eigenvalue weighted by atomic mass is 32.1. The fraction of sp³-hybridized carbons (Fsp3) is 0.733. The lowest BCUT2D eigenvalue weighted by molar-refractivity contribution is 0.262. The Morgan fingerprint density at radius 3 is 2.82 bits per heavy atom. The zero-order valence-electron chi connectivity index (χ0n) is 11.2. The van der Waals surface area contributed by atoms with Crippen molar-refractivity contribution in [2.24, 2.45) is 5.92 Å². The number of thiophene rings is 1. The molecular weight excluding hydrogens is 226 g/mol. The topological polar surface area (TPSA) is 12.0 Å². The van der Waals surface area contributed by atoms with E-state index >= 15 is 0 Å². The van der Waals surface area contributed by atoms with Gasteiger partial charge >= 0.3 is 0 Å². The molecule has 0 aromatic carbocycles. The van der Waals surface area contributed by atoms with Crippen molar-refractivity contribution in [3.05, 3.63) is 21.9 Å². The summed E-state index contributed by atoms with van der Waals surface area (Å²) in [6.45, 7) is 5.67. The Labute approximate surface area is 110 Å². The molecule has 1 atom stereocenters. The van der Waals surface area contributed by atoms with Crippen LogP contribution >= 0.6 is 11.3 Å². The molecule has 2 heteroatoms. The maximum absolute atomic E-state index is 3.76. The standard InChI is InChI=1S/C15H25NS/c1-3-9-16-14(11-12-6-5-7-12)15-13(4-2)8-10-17-15/h8,10,12,14,16H,3-7,9,11H2,1-2H3. The van der Waals surface area contributed by atoms with Crippen LogP contribution in [0.15, 0.2) is 11.4 Å². The van der Waals surface area contributed by atoms with Crippen LogP contribution < -0.4 is 5.32 Å². The van der Waals surface area contributed by atoms with Gasteiger partial charge in [-0.3, -0.25) is 0 Å². The number of hydrogen-bond donors (Lipinski definition) is 1. The van der Waals surface area contributed by atoms with E-state index < -0.39 is 0 Å². The molecule has 0 amide bonds. The third-order valence-electron chi connectivity index (χ3n) is 3.91. The Morgan fingerprint density at radius 1 is 1.41 bits per heavy atom. The summed E-state index contributed by atoms with van der Waals surface area (Å²) in [6.07, 6.45) is 8.12. The molecule has 17 heavy (non-hydrogen) atoms. The Kier molecular flexibility index (Phi) is 5.05. The van der Waals surface area contributed by atoms with E-state index in [0.717, 1.165) is 12.5 Å². The first-order chi connectivity index (χ1) is 8.35. The summed E-state index contributed by atoms with van der Waals surface area (Å²) in [5.74, 6) is 0.983. The predicted octanol–water partition coefficient (Wildman–Crippen LogP) is 4.54. The molecule has 1 aromatic heterocycles. The quantitative estimate of drug-likeness (QED) is 0.750. The number of hydrogen-bond acceptors (Lipinski definition) is 2. The van der Waals surface area contributed by atoms with Gasteiger partial charge in [-0.05, 0) is 48.7 Å². The van der Waals surface area contributed by atoms with Gasteiger partial charge in [0.05, 0.1) is 0 Å². The minimum absolute atomic E-state index is 0.621. The van der Waals surface area contributed by atoms with Crippen molar-refractivity contribution in [2.75, 3.05) is 6.54 Å². The third-order valence-corrected chi connectivity index (χ3v) is 4.99. The van der Waals surface area contributed by atoms with E-state index in [4.69, 9.17) is 0 Å². The summed E-state index contributed by atoms with van der Waals surface area (Å²) >= 11 is 1.95. The van der Waals surface area contributed by atoms with Crippen molar-refractivity contribution in [3.63, 3.8) is 0 Å². The summed E-state index contributed by atoms with van der Waals surface area (Å²) in [4.78, 5) is 1.60. The second kappa shape index (κ2) is 6.55. The second-order valence-corrected chi connectivity index (χ2v) is 6.15. The molecule has 0 saturated heterocycles. The molecule has 96 valence electrons. The lowest BCUT2D eigenvalue weighted by Gasteiger charge is -2.30. The Bertz CT molecular complexity index is 327. The number of aryl methyl sites for hydroxylation is 1. The van der Waals surface area contributed by atoms with E-state index in [0.29, 0.717) is 6.04 Å². The molecule has 0 spiro atoms. The van der Waals surface area contributed by atoms with Crippen LogP contribution in [-0.2, 0) is 6.42 Å². The van der Waals surface area contributed by atoms with E-state index in [1.165, 1.54) is 38.5 Å². The van der Waals surface area contributed by atoms with Gasteiger partial charge in [0.15, 0.2) is 0 Å². The van der Waals surface area contributed by atoms with Crippen LogP contribution in [0, 0.1) is 5.92 Å². The van der Waals surface area contributed by atoms with Crippen molar-refractivity contribution in [3.8, 4) is 0 Å². The fourth-order valence-corrected chi connectivity index (χ4v) is 3.70. The monoisotopic (exact) mass is 251 g/mol. The highest BCUT2D eigenvalue weighted by Crippen LogP contribution is 2.37. The Morgan fingerprint density at radius 2 is 2.24 bits per heavy atom. The molecule has 0 aliphatic heterocycles. The van der Waals surface area contributed by atoms with Gasteiger partial charge in [0, 0.05) is 10.9 Å². The van der Waals surface area contributed by atoms with Gasteiger partial charge in [0.2, 0.25) is 0 Å². The first-order valence-electron chi connectivity index (χ1n) is 7.14. The van der Waals surface area contributed by atoms with Crippen molar-refractivity contribution >= 4 is 11.3 Å². The highest BCUT2D eigenvalue weighted by molar-refractivity contribution is 7.10. The van der Waals surface area contributed by atoms with Gasteiger partial charge in [0.25, 0.3) is 0 Å². The largest absolute Gasteiger partial charge is 0.309 e. The maximum atomic E-state index is 3.76. The van der Waals surface area contributed by atoms with Crippen molar-refractivity contribution in [1.29, 1.82) is 0 Å². The zero-order valence-corrected chi connectivity index (χ0v) is 12.0. The summed E-state index contributed by atoms with van der Waals surface area (Å²) in [5, 5.41) is 6.02. The van der Waals surface area contributed by atoms with Crippen LogP contribution in [0.3, 0.4) is 0 Å². The van der Waals surface area contributed by atoms with Gasteiger partial charge < -0.3 is 5.32 Å². The Balaban J connectivity index is 2.02. The first-order valence-corrected chi connectivity index (χ1v) is 8.02. The van der Waals surface area contributed by atoms with E-state index in [2.05, 4.69) is 30.6 Å². The molecule has 1 N–H and O–H groups in total. The molecule has 1 aliphatic carbocycles. The van der Waals surface area contributed by atoms with Crippen LogP contribution in [0.4, 0.5) is 0 Å². The summed E-state index contributed by atoms with van der Waals surface area (Å²) in [6, 6.07) is 2.93. The van der Waals surface area contributed by atoms with Crippen LogP contribution in [0.2, 0.25) is 0 Å². The van der Waals surface area contributed by atoms with Crippen molar-refractivity contribution < 1.29 is 0 Å². The van der Waals surface area contributed by atoms with E-state index in [9.17, 15) is 0 Å². The van der Waals surface area contributed by atoms with Crippen LogP contribution in [-0.4, -0.2) is 6.54 Å². The van der Waals surface area contributed by atoms with Gasteiger partial charge in [-0.1, -0.05) is 33.1 Å². The molecule has 1 unspecified atom stereocenters. The summed E-state index contributed by atoms with van der Waals surface area (Å²) < 4.78 is 0. The number of nitrogens with one attached hydrogen (secondary N) is 1. The molecule has 2 rings (SSSR count). The smallest absolute Gasteiger partial charge is 0.0420 e. The SMILES string of the molecule is CCCNC(CC1CCC1)c1sccc1CC. The predicted molar refractivity (Wildman–Crippen MR) is 76.7 cm³/mol. The van der Waals surface area contributed by atoms with E-state index in [1.54, 1.807) is 10.4 Å². The van der Waals surface area contributed by atoms with Gasteiger partial charge in [-0.15, -0.1) is 11.3 Å². The summed E-state index contributed by atoms with van der Waals surface area (Å²) in [5.41, 5.74) is 1.56. The second-order valence-electron chi connectivity index (χ2n) is 5.20. The molecule has 1 heterocycles. The normalized spacial score (nSPS) is 18.0. The van der Waals surface area contributed by atoms with E-state index in [-0.39, 0.29) is 0 Å². The lowest BCUT2D eigenvalue weighted by atomic mass is 9.80. The zero-order chi connectivity index (χ0) is 12.1. The van der Waals surface area contributed by atoms with Crippen molar-refractivity contribution in [2.45, 2.75) is 58.4 Å². The molecule has 1 saturated carbocycles. The van der Waals surface area contributed by atoms with Crippen molar-refractivity contribution in [1.82, 2.24) is 5.32 Å². The van der Waals surface area contributed by atoms with Gasteiger partial charge in [-0.25, -0.2) is 0 Å². The van der Waals surface area contributed by atoms with Gasteiger partial charge in [-0.2, -0.15) is 0 Å². The van der Waals surface area contributed by atoms with Crippen LogP contribution in [0.1, 0.15) is 62.4 Å². The Hall–Kier alpha value is -0.340. The first kappa shape index (κ1) is 13.1.